The van der Waals surface area contributed by atoms with E-state index in [0.29, 0.717) is 23.4 Å². The smallest absolute Gasteiger partial charge is 0.165 e. The summed E-state index contributed by atoms with van der Waals surface area (Å²) < 4.78 is 30.2. The van der Waals surface area contributed by atoms with Crippen molar-refractivity contribution in [1.82, 2.24) is 19.6 Å². The Kier molecular flexibility index (Phi) is 4.65. The van der Waals surface area contributed by atoms with E-state index in [2.05, 4.69) is 15.4 Å². The minimum absolute atomic E-state index is 0.182. The zero-order chi connectivity index (χ0) is 20.7. The SMILES string of the molecule is Cc1nn2c(NCc3ccccn3)c3c(nc2c1-c1cc(F)ccc1F)CCCC3. The highest BCUT2D eigenvalue weighted by Crippen LogP contribution is 2.35. The third kappa shape index (κ3) is 3.20. The van der Waals surface area contributed by atoms with Gasteiger partial charge < -0.3 is 5.32 Å². The molecule has 152 valence electrons. The monoisotopic (exact) mass is 405 g/mol. The summed E-state index contributed by atoms with van der Waals surface area (Å²) in [5.41, 5.74) is 4.90. The van der Waals surface area contributed by atoms with E-state index in [0.717, 1.165) is 60.6 Å². The first-order chi connectivity index (χ1) is 14.6. The molecule has 5 nitrogen and oxygen atoms in total. The molecule has 0 saturated heterocycles. The summed E-state index contributed by atoms with van der Waals surface area (Å²) in [7, 11) is 0. The maximum absolute atomic E-state index is 14.6. The van der Waals surface area contributed by atoms with Gasteiger partial charge in [0.2, 0.25) is 0 Å². The van der Waals surface area contributed by atoms with Gasteiger partial charge in [-0.25, -0.2) is 13.8 Å². The van der Waals surface area contributed by atoms with Crippen molar-refractivity contribution in [1.29, 1.82) is 0 Å². The molecule has 7 heteroatoms. The van der Waals surface area contributed by atoms with Crippen LogP contribution in [0.3, 0.4) is 0 Å². The van der Waals surface area contributed by atoms with E-state index in [9.17, 15) is 8.78 Å². The van der Waals surface area contributed by atoms with Crippen molar-refractivity contribution in [2.75, 3.05) is 5.32 Å². The summed E-state index contributed by atoms with van der Waals surface area (Å²) in [6, 6.07) is 9.26. The largest absolute Gasteiger partial charge is 0.364 e. The summed E-state index contributed by atoms with van der Waals surface area (Å²) in [5, 5.41) is 8.14. The first-order valence-electron chi connectivity index (χ1n) is 10.1. The van der Waals surface area contributed by atoms with E-state index in [1.807, 2.05) is 18.2 Å². The highest BCUT2D eigenvalue weighted by molar-refractivity contribution is 5.82. The van der Waals surface area contributed by atoms with Crippen molar-refractivity contribution in [2.45, 2.75) is 39.2 Å². The Bertz CT molecular complexity index is 1230. The molecule has 0 saturated carbocycles. The van der Waals surface area contributed by atoms with Crippen LogP contribution in [0.25, 0.3) is 16.8 Å². The fraction of sp³-hybridized carbons (Fsp3) is 0.261. The third-order valence-electron chi connectivity index (χ3n) is 5.57. The number of nitrogens with zero attached hydrogens (tertiary/aromatic N) is 4. The molecule has 4 aromatic rings. The lowest BCUT2D eigenvalue weighted by atomic mass is 9.96. The molecule has 30 heavy (non-hydrogen) atoms. The lowest BCUT2D eigenvalue weighted by Crippen LogP contribution is -2.15. The fourth-order valence-electron chi connectivity index (χ4n) is 4.16. The van der Waals surface area contributed by atoms with Crippen molar-refractivity contribution in [2.24, 2.45) is 0 Å². The standard InChI is InChI=1S/C23H21F2N5/c1-14-21(18-12-15(24)9-10-19(18)25)23-28-20-8-3-2-7-17(20)22(30(23)29-14)27-13-16-6-4-5-11-26-16/h4-6,9-12,27H,2-3,7-8,13H2,1H3. The molecule has 0 aliphatic heterocycles. The minimum Gasteiger partial charge on any atom is -0.364 e. The number of halogens is 2. The summed E-state index contributed by atoms with van der Waals surface area (Å²) >= 11 is 0. The summed E-state index contributed by atoms with van der Waals surface area (Å²) in [6.07, 6.45) is 5.68. The Morgan fingerprint density at radius 3 is 2.80 bits per heavy atom. The van der Waals surface area contributed by atoms with E-state index in [-0.39, 0.29) is 5.56 Å². The van der Waals surface area contributed by atoms with Crippen LogP contribution in [0.15, 0.2) is 42.6 Å². The highest BCUT2D eigenvalue weighted by Gasteiger charge is 2.24. The minimum atomic E-state index is -0.489. The van der Waals surface area contributed by atoms with Crippen molar-refractivity contribution < 1.29 is 8.78 Å². The van der Waals surface area contributed by atoms with Crippen LogP contribution in [-0.4, -0.2) is 19.6 Å². The van der Waals surface area contributed by atoms with E-state index in [1.165, 1.54) is 6.07 Å². The van der Waals surface area contributed by atoms with Crippen LogP contribution >= 0.6 is 0 Å². The summed E-state index contributed by atoms with van der Waals surface area (Å²) in [4.78, 5) is 9.23. The predicted molar refractivity (Wildman–Crippen MR) is 111 cm³/mol. The molecule has 0 atom stereocenters. The molecular formula is C23H21F2N5. The highest BCUT2D eigenvalue weighted by atomic mass is 19.1. The van der Waals surface area contributed by atoms with Gasteiger partial charge in [-0.3, -0.25) is 4.98 Å². The predicted octanol–water partition coefficient (Wildman–Crippen LogP) is 4.87. The van der Waals surface area contributed by atoms with Gasteiger partial charge in [-0.15, -0.1) is 0 Å². The Labute approximate surface area is 172 Å². The van der Waals surface area contributed by atoms with Gasteiger partial charge in [0.1, 0.15) is 17.5 Å². The van der Waals surface area contributed by atoms with Crippen LogP contribution in [0.2, 0.25) is 0 Å². The van der Waals surface area contributed by atoms with Crippen molar-refractivity contribution >= 4 is 11.5 Å². The summed E-state index contributed by atoms with van der Waals surface area (Å²) in [5.74, 6) is -0.125. The van der Waals surface area contributed by atoms with Crippen LogP contribution in [0.1, 0.15) is 35.5 Å². The number of hydrogen-bond donors (Lipinski definition) is 1. The van der Waals surface area contributed by atoms with Gasteiger partial charge in [0.15, 0.2) is 5.65 Å². The molecule has 1 aliphatic rings. The van der Waals surface area contributed by atoms with Crippen molar-refractivity contribution in [3.05, 3.63) is 76.9 Å². The number of hydrogen-bond acceptors (Lipinski definition) is 4. The Morgan fingerprint density at radius 1 is 1.10 bits per heavy atom. The van der Waals surface area contributed by atoms with Crippen LogP contribution < -0.4 is 5.32 Å². The number of pyridine rings is 1. The van der Waals surface area contributed by atoms with Gasteiger partial charge in [0.05, 0.1) is 23.5 Å². The normalized spacial score (nSPS) is 13.4. The maximum Gasteiger partial charge on any atom is 0.165 e. The van der Waals surface area contributed by atoms with Crippen molar-refractivity contribution in [3.8, 4) is 11.1 Å². The number of aryl methyl sites for hydroxylation is 2. The van der Waals surface area contributed by atoms with Crippen molar-refractivity contribution in [3.63, 3.8) is 0 Å². The molecule has 1 aliphatic carbocycles. The number of aromatic nitrogens is 4. The molecule has 1 aromatic carbocycles. The molecular weight excluding hydrogens is 384 g/mol. The topological polar surface area (TPSA) is 55.1 Å². The Morgan fingerprint density at radius 2 is 1.97 bits per heavy atom. The van der Waals surface area contributed by atoms with Crippen LogP contribution in [-0.2, 0) is 19.4 Å². The fourth-order valence-corrected chi connectivity index (χ4v) is 4.16. The number of benzene rings is 1. The van der Waals surface area contributed by atoms with Gasteiger partial charge in [0.25, 0.3) is 0 Å². The van der Waals surface area contributed by atoms with Crippen LogP contribution in [0, 0.1) is 18.6 Å². The lowest BCUT2D eigenvalue weighted by Gasteiger charge is -2.20. The molecule has 0 amide bonds. The first kappa shape index (κ1) is 18.7. The molecule has 0 spiro atoms. The quantitative estimate of drug-likeness (QED) is 0.526. The van der Waals surface area contributed by atoms with E-state index < -0.39 is 11.6 Å². The molecule has 3 aromatic heterocycles. The van der Waals surface area contributed by atoms with Crippen LogP contribution in [0.5, 0.6) is 0 Å². The number of rotatable bonds is 4. The second kappa shape index (κ2) is 7.48. The van der Waals surface area contributed by atoms with Gasteiger partial charge >= 0.3 is 0 Å². The van der Waals surface area contributed by atoms with E-state index >= 15 is 0 Å². The molecule has 0 fully saturated rings. The van der Waals surface area contributed by atoms with Crippen LogP contribution in [0.4, 0.5) is 14.6 Å². The third-order valence-corrected chi connectivity index (χ3v) is 5.57. The van der Waals surface area contributed by atoms with E-state index in [4.69, 9.17) is 4.98 Å². The zero-order valence-corrected chi connectivity index (χ0v) is 16.6. The number of anilines is 1. The van der Waals surface area contributed by atoms with Gasteiger partial charge in [-0.05, 0) is 62.9 Å². The first-order valence-corrected chi connectivity index (χ1v) is 10.1. The molecule has 0 bridgehead atoms. The number of nitrogens with one attached hydrogen (secondary N) is 1. The van der Waals surface area contributed by atoms with Gasteiger partial charge in [-0.1, -0.05) is 6.07 Å². The molecule has 0 unspecified atom stereocenters. The summed E-state index contributed by atoms with van der Waals surface area (Å²) in [6.45, 7) is 2.34. The molecule has 0 radical (unpaired) electrons. The molecule has 3 heterocycles. The van der Waals surface area contributed by atoms with Gasteiger partial charge in [0, 0.05) is 23.0 Å². The molecule has 5 rings (SSSR count). The van der Waals surface area contributed by atoms with Gasteiger partial charge in [-0.2, -0.15) is 9.61 Å². The maximum atomic E-state index is 14.6. The Balaban J connectivity index is 1.70. The average Bonchev–Trinajstić information content (AvgIpc) is 3.09. The lowest BCUT2D eigenvalue weighted by molar-refractivity contribution is 0.603. The Hall–Kier alpha value is -3.35. The zero-order valence-electron chi connectivity index (χ0n) is 16.6. The molecule has 1 N–H and O–H groups in total. The second-order valence-corrected chi connectivity index (χ2v) is 7.59. The van der Waals surface area contributed by atoms with E-state index in [1.54, 1.807) is 17.6 Å². The second-order valence-electron chi connectivity index (χ2n) is 7.59. The number of fused-ring (bicyclic) bond motifs is 2. The average molecular weight is 405 g/mol.